The molecule has 2 nitrogen and oxygen atoms in total. The summed E-state index contributed by atoms with van der Waals surface area (Å²) < 4.78 is 45.7. The van der Waals surface area contributed by atoms with Crippen LogP contribution in [-0.4, -0.2) is 26.0 Å². The molecule has 20 heavy (non-hydrogen) atoms. The molecule has 0 unspecified atom stereocenters. The van der Waals surface area contributed by atoms with Gasteiger partial charge in [0.25, 0.3) is 0 Å². The molecular formula is C14H18BrF3O2. The molecule has 1 aromatic rings. The van der Waals surface area contributed by atoms with Crippen molar-refractivity contribution >= 4 is 15.9 Å². The molecule has 1 rings (SSSR count). The molecule has 0 aromatic heterocycles. The summed E-state index contributed by atoms with van der Waals surface area (Å²) >= 11 is 3.40. The van der Waals surface area contributed by atoms with Gasteiger partial charge in [0, 0.05) is 11.8 Å². The van der Waals surface area contributed by atoms with Gasteiger partial charge in [-0.25, -0.2) is 0 Å². The predicted molar refractivity (Wildman–Crippen MR) is 75.5 cm³/mol. The highest BCUT2D eigenvalue weighted by Gasteiger charge is 2.27. The van der Waals surface area contributed by atoms with Crippen molar-refractivity contribution in [2.24, 2.45) is 0 Å². The maximum absolute atomic E-state index is 11.8. The zero-order valence-electron chi connectivity index (χ0n) is 11.5. The fourth-order valence-electron chi connectivity index (χ4n) is 1.87. The molecule has 0 atom stereocenters. The van der Waals surface area contributed by atoms with Gasteiger partial charge in [0.15, 0.2) is 0 Å². The topological polar surface area (TPSA) is 18.5 Å². The van der Waals surface area contributed by atoms with Crippen LogP contribution < -0.4 is 4.74 Å². The number of hydrogen-bond acceptors (Lipinski definition) is 2. The molecular weight excluding hydrogens is 337 g/mol. The summed E-state index contributed by atoms with van der Waals surface area (Å²) in [5, 5.41) is 0.778. The zero-order valence-corrected chi connectivity index (χ0v) is 13.1. The molecule has 114 valence electrons. The second-order valence-corrected chi connectivity index (χ2v) is 5.12. The monoisotopic (exact) mass is 354 g/mol. The van der Waals surface area contributed by atoms with E-state index in [2.05, 4.69) is 20.7 Å². The lowest BCUT2D eigenvalue weighted by atomic mass is 10.1. The molecule has 0 aliphatic carbocycles. The maximum atomic E-state index is 11.8. The first-order chi connectivity index (χ1) is 9.33. The molecule has 0 fully saturated rings. The molecule has 1 aromatic carbocycles. The molecule has 0 N–H and O–H groups in total. The van der Waals surface area contributed by atoms with Crippen LogP contribution in [0, 0.1) is 13.8 Å². The Balaban J connectivity index is 2.36. The minimum atomic E-state index is -4.26. The van der Waals surface area contributed by atoms with E-state index >= 15 is 0 Å². The number of aryl methyl sites for hydroxylation is 2. The van der Waals surface area contributed by atoms with Crippen LogP contribution in [0.3, 0.4) is 0 Å². The second-order valence-electron chi connectivity index (χ2n) is 4.56. The fourth-order valence-corrected chi connectivity index (χ4v) is 2.19. The van der Waals surface area contributed by atoms with E-state index in [1.54, 1.807) is 0 Å². The van der Waals surface area contributed by atoms with Crippen molar-refractivity contribution in [1.29, 1.82) is 0 Å². The molecule has 0 aliphatic heterocycles. The van der Waals surface area contributed by atoms with E-state index in [1.807, 2.05) is 26.0 Å². The molecule has 0 spiro atoms. The Morgan fingerprint density at radius 3 is 2.20 bits per heavy atom. The van der Waals surface area contributed by atoms with Gasteiger partial charge in [-0.2, -0.15) is 13.2 Å². The van der Waals surface area contributed by atoms with Crippen LogP contribution in [0.2, 0.25) is 0 Å². The zero-order chi connectivity index (χ0) is 15.2. The Bertz CT molecular complexity index is 410. The molecule has 0 heterocycles. The van der Waals surface area contributed by atoms with E-state index < -0.39 is 12.8 Å². The molecule has 0 saturated carbocycles. The van der Waals surface area contributed by atoms with E-state index in [4.69, 9.17) is 4.74 Å². The number of ether oxygens (including phenoxy) is 2. The molecule has 0 aliphatic rings. The van der Waals surface area contributed by atoms with Crippen molar-refractivity contribution in [2.75, 3.05) is 19.8 Å². The smallest absolute Gasteiger partial charge is 0.411 e. The van der Waals surface area contributed by atoms with E-state index in [0.717, 1.165) is 22.2 Å². The van der Waals surface area contributed by atoms with Crippen LogP contribution in [0.15, 0.2) is 12.1 Å². The molecule has 0 amide bonds. The van der Waals surface area contributed by atoms with Gasteiger partial charge in [-0.15, -0.1) is 0 Å². The average molecular weight is 355 g/mol. The summed E-state index contributed by atoms with van der Waals surface area (Å²) in [4.78, 5) is 0. The molecule has 6 heteroatoms. The highest BCUT2D eigenvalue weighted by molar-refractivity contribution is 9.08. The van der Waals surface area contributed by atoms with Gasteiger partial charge in [-0.05, 0) is 30.5 Å². The number of rotatable bonds is 7. The van der Waals surface area contributed by atoms with Crippen LogP contribution in [0.25, 0.3) is 0 Å². The first-order valence-corrected chi connectivity index (χ1v) is 7.39. The van der Waals surface area contributed by atoms with Gasteiger partial charge in [0.05, 0.1) is 13.2 Å². The van der Waals surface area contributed by atoms with E-state index in [9.17, 15) is 13.2 Å². The van der Waals surface area contributed by atoms with Crippen molar-refractivity contribution in [1.82, 2.24) is 0 Å². The van der Waals surface area contributed by atoms with Crippen LogP contribution in [0.5, 0.6) is 5.75 Å². The quantitative estimate of drug-likeness (QED) is 0.528. The van der Waals surface area contributed by atoms with Gasteiger partial charge < -0.3 is 9.47 Å². The van der Waals surface area contributed by atoms with Crippen molar-refractivity contribution in [3.8, 4) is 5.75 Å². The van der Waals surface area contributed by atoms with E-state index in [1.165, 1.54) is 5.56 Å². The van der Waals surface area contributed by atoms with E-state index in [0.29, 0.717) is 13.0 Å². The number of benzene rings is 1. The summed E-state index contributed by atoms with van der Waals surface area (Å²) in [5.74, 6) is 0.797. The van der Waals surface area contributed by atoms with Crippen LogP contribution in [0.4, 0.5) is 13.2 Å². The normalized spacial score (nSPS) is 11.7. The lowest BCUT2D eigenvalue weighted by Crippen LogP contribution is -2.18. The van der Waals surface area contributed by atoms with Gasteiger partial charge in [0.1, 0.15) is 12.4 Å². The summed E-state index contributed by atoms with van der Waals surface area (Å²) in [5.41, 5.74) is 3.21. The fraction of sp³-hybridized carbons (Fsp3) is 0.571. The minimum Gasteiger partial charge on any atom is -0.493 e. The Hall–Kier alpha value is -0.750. The molecule has 0 bridgehead atoms. The second kappa shape index (κ2) is 7.88. The highest BCUT2D eigenvalue weighted by atomic mass is 79.9. The average Bonchev–Trinajstić information content (AvgIpc) is 2.34. The highest BCUT2D eigenvalue weighted by Crippen LogP contribution is 2.26. The minimum absolute atomic E-state index is 0.0388. The number of halogens is 4. The van der Waals surface area contributed by atoms with Crippen LogP contribution in [-0.2, 0) is 10.1 Å². The Morgan fingerprint density at radius 1 is 1.10 bits per heavy atom. The van der Waals surface area contributed by atoms with Gasteiger partial charge in [-0.1, -0.05) is 28.1 Å². The lowest BCUT2D eigenvalue weighted by Gasteiger charge is -2.14. The molecule has 0 radical (unpaired) electrons. The third kappa shape index (κ3) is 6.13. The van der Waals surface area contributed by atoms with Crippen LogP contribution >= 0.6 is 15.9 Å². The Labute approximate surface area is 125 Å². The summed E-state index contributed by atoms with van der Waals surface area (Å²) in [7, 11) is 0. The predicted octanol–water partition coefficient (Wildman–Crippen LogP) is 4.55. The third-order valence-corrected chi connectivity index (χ3v) is 3.27. The summed E-state index contributed by atoms with van der Waals surface area (Å²) in [6, 6.07) is 4.05. The Kier molecular flexibility index (Phi) is 6.82. The van der Waals surface area contributed by atoms with Gasteiger partial charge in [-0.3, -0.25) is 0 Å². The molecule has 0 saturated heterocycles. The first-order valence-electron chi connectivity index (χ1n) is 6.27. The van der Waals surface area contributed by atoms with Gasteiger partial charge >= 0.3 is 6.18 Å². The van der Waals surface area contributed by atoms with Crippen molar-refractivity contribution < 1.29 is 22.6 Å². The van der Waals surface area contributed by atoms with Crippen LogP contribution in [0.1, 0.15) is 23.1 Å². The largest absolute Gasteiger partial charge is 0.493 e. The number of alkyl halides is 4. The maximum Gasteiger partial charge on any atom is 0.411 e. The van der Waals surface area contributed by atoms with Crippen molar-refractivity contribution in [3.63, 3.8) is 0 Å². The lowest BCUT2D eigenvalue weighted by molar-refractivity contribution is -0.174. The number of hydrogen-bond donors (Lipinski definition) is 0. The Morgan fingerprint density at radius 2 is 1.70 bits per heavy atom. The van der Waals surface area contributed by atoms with Gasteiger partial charge in [0.2, 0.25) is 0 Å². The standard InChI is InChI=1S/C14H18BrF3O2/c1-10-6-12(8-15)7-11(2)13(10)20-5-3-4-19-9-14(16,17)18/h6-7H,3-5,8-9H2,1-2H3. The SMILES string of the molecule is Cc1cc(CBr)cc(C)c1OCCCOCC(F)(F)F. The summed E-state index contributed by atoms with van der Waals surface area (Å²) in [6.07, 6.45) is -3.84. The summed E-state index contributed by atoms with van der Waals surface area (Å²) in [6.45, 7) is 3.08. The van der Waals surface area contributed by atoms with E-state index in [-0.39, 0.29) is 6.61 Å². The van der Waals surface area contributed by atoms with Crippen molar-refractivity contribution in [2.45, 2.75) is 31.8 Å². The first kappa shape index (κ1) is 17.3. The third-order valence-electron chi connectivity index (χ3n) is 2.62. The van der Waals surface area contributed by atoms with Crippen molar-refractivity contribution in [3.05, 3.63) is 28.8 Å².